The first-order valence-corrected chi connectivity index (χ1v) is 8.61. The van der Waals surface area contributed by atoms with Crippen molar-refractivity contribution in [2.45, 2.75) is 33.3 Å². The third-order valence-corrected chi connectivity index (χ3v) is 3.29. The minimum Gasteiger partial charge on any atom is -0.374 e. The average Bonchev–Trinajstić information content (AvgIpc) is 2.47. The first kappa shape index (κ1) is 17.0. The summed E-state index contributed by atoms with van der Waals surface area (Å²) in [6.45, 7) is 7.08. The summed E-state index contributed by atoms with van der Waals surface area (Å²) >= 11 is 1.86. The summed E-state index contributed by atoms with van der Waals surface area (Å²) < 4.78 is 5.39. The van der Waals surface area contributed by atoms with Gasteiger partial charge in [0.2, 0.25) is 0 Å². The highest BCUT2D eigenvalue weighted by molar-refractivity contribution is 7.98. The molecule has 0 radical (unpaired) electrons. The highest BCUT2D eigenvalue weighted by Gasteiger charge is 2.04. The van der Waals surface area contributed by atoms with Gasteiger partial charge in [0, 0.05) is 25.8 Å². The van der Waals surface area contributed by atoms with E-state index in [9.17, 15) is 0 Å². The normalized spacial score (nSPS) is 10.6. The number of ether oxygens (including phenoxy) is 1. The van der Waals surface area contributed by atoms with E-state index < -0.39 is 0 Å². The molecule has 0 amide bonds. The van der Waals surface area contributed by atoms with Gasteiger partial charge in [-0.05, 0) is 31.8 Å². The Kier molecular flexibility index (Phi) is 9.15. The third-order valence-electron chi connectivity index (χ3n) is 2.60. The largest absolute Gasteiger partial charge is 0.374 e. The molecule has 0 aliphatic carbocycles. The molecule has 0 spiro atoms. The SMILES string of the molecule is CCCNc1cc(NCCCSC)nc(COCC)n1. The van der Waals surface area contributed by atoms with Crippen LogP contribution in [-0.2, 0) is 11.3 Å². The second kappa shape index (κ2) is 10.7. The predicted molar refractivity (Wildman–Crippen MR) is 87.6 cm³/mol. The number of hydrogen-bond donors (Lipinski definition) is 2. The van der Waals surface area contributed by atoms with E-state index in [2.05, 4.69) is 33.8 Å². The van der Waals surface area contributed by atoms with Crippen molar-refractivity contribution < 1.29 is 4.74 Å². The maximum absolute atomic E-state index is 5.39. The molecule has 1 rings (SSSR count). The zero-order valence-corrected chi connectivity index (χ0v) is 13.6. The van der Waals surface area contributed by atoms with Crippen molar-refractivity contribution in [2.24, 2.45) is 0 Å². The molecule has 0 fully saturated rings. The van der Waals surface area contributed by atoms with Gasteiger partial charge in [0.1, 0.15) is 18.2 Å². The van der Waals surface area contributed by atoms with Crippen molar-refractivity contribution in [1.82, 2.24) is 9.97 Å². The lowest BCUT2D eigenvalue weighted by molar-refractivity contribution is 0.128. The Morgan fingerprint density at radius 3 is 2.45 bits per heavy atom. The zero-order chi connectivity index (χ0) is 14.6. The summed E-state index contributed by atoms with van der Waals surface area (Å²) in [7, 11) is 0. The van der Waals surface area contributed by atoms with Crippen LogP contribution < -0.4 is 10.6 Å². The molecule has 1 aromatic rings. The van der Waals surface area contributed by atoms with Gasteiger partial charge in [-0.15, -0.1) is 0 Å². The van der Waals surface area contributed by atoms with Crippen LogP contribution in [0.15, 0.2) is 6.07 Å². The number of hydrogen-bond acceptors (Lipinski definition) is 6. The van der Waals surface area contributed by atoms with Crippen LogP contribution in [0.2, 0.25) is 0 Å². The molecule has 1 aromatic heterocycles. The van der Waals surface area contributed by atoms with E-state index in [4.69, 9.17) is 4.74 Å². The van der Waals surface area contributed by atoms with Crippen molar-refractivity contribution in [2.75, 3.05) is 42.3 Å². The Morgan fingerprint density at radius 2 is 1.85 bits per heavy atom. The third kappa shape index (κ3) is 6.96. The van der Waals surface area contributed by atoms with Gasteiger partial charge in [-0.1, -0.05) is 6.92 Å². The van der Waals surface area contributed by atoms with Crippen molar-refractivity contribution in [3.63, 3.8) is 0 Å². The molecular weight excluding hydrogens is 272 g/mol. The summed E-state index contributed by atoms with van der Waals surface area (Å²) in [6, 6.07) is 1.96. The average molecular weight is 298 g/mol. The number of aromatic nitrogens is 2. The Balaban J connectivity index is 2.64. The van der Waals surface area contributed by atoms with Crippen molar-refractivity contribution in [3.05, 3.63) is 11.9 Å². The zero-order valence-electron chi connectivity index (χ0n) is 12.7. The molecule has 0 bridgehead atoms. The molecule has 5 nitrogen and oxygen atoms in total. The van der Waals surface area contributed by atoms with Gasteiger partial charge in [0.15, 0.2) is 5.82 Å². The van der Waals surface area contributed by atoms with Gasteiger partial charge in [-0.25, -0.2) is 9.97 Å². The fourth-order valence-corrected chi connectivity index (χ4v) is 2.06. The van der Waals surface area contributed by atoms with Crippen LogP contribution in [-0.4, -0.2) is 41.7 Å². The predicted octanol–water partition coefficient (Wildman–Crippen LogP) is 3.00. The van der Waals surface area contributed by atoms with Crippen molar-refractivity contribution in [3.8, 4) is 0 Å². The van der Waals surface area contributed by atoms with E-state index in [1.165, 1.54) is 0 Å². The quantitative estimate of drug-likeness (QED) is 0.612. The van der Waals surface area contributed by atoms with E-state index >= 15 is 0 Å². The Bertz CT molecular complexity index is 350. The summed E-state index contributed by atoms with van der Waals surface area (Å²) in [6.07, 6.45) is 4.32. The second-order valence-corrected chi connectivity index (χ2v) is 5.38. The Labute approximate surface area is 126 Å². The molecule has 6 heteroatoms. The first-order chi connectivity index (χ1) is 9.80. The second-order valence-electron chi connectivity index (χ2n) is 4.39. The molecule has 20 heavy (non-hydrogen) atoms. The summed E-state index contributed by atoms with van der Waals surface area (Å²) in [5.74, 6) is 3.61. The molecule has 1 heterocycles. The van der Waals surface area contributed by atoms with Crippen LogP contribution in [0.4, 0.5) is 11.6 Å². The molecule has 0 aliphatic rings. The maximum atomic E-state index is 5.39. The van der Waals surface area contributed by atoms with Gasteiger partial charge in [0.05, 0.1) is 0 Å². The Morgan fingerprint density at radius 1 is 1.15 bits per heavy atom. The molecule has 0 saturated carbocycles. The van der Waals surface area contributed by atoms with Crippen LogP contribution in [0.1, 0.15) is 32.5 Å². The summed E-state index contributed by atoms with van der Waals surface area (Å²) in [5.41, 5.74) is 0. The lowest BCUT2D eigenvalue weighted by atomic mass is 10.4. The number of rotatable bonds is 11. The van der Waals surface area contributed by atoms with Gasteiger partial charge in [-0.2, -0.15) is 11.8 Å². The summed E-state index contributed by atoms with van der Waals surface area (Å²) in [4.78, 5) is 8.94. The van der Waals surface area contributed by atoms with E-state index in [0.29, 0.717) is 13.2 Å². The van der Waals surface area contributed by atoms with Crippen LogP contribution in [0.5, 0.6) is 0 Å². The molecule has 0 atom stereocenters. The van der Waals surface area contributed by atoms with Crippen molar-refractivity contribution >= 4 is 23.4 Å². The monoisotopic (exact) mass is 298 g/mol. The Hall–Kier alpha value is -1.01. The molecule has 2 N–H and O–H groups in total. The number of nitrogens with zero attached hydrogens (tertiary/aromatic N) is 2. The maximum Gasteiger partial charge on any atom is 0.158 e. The lowest BCUT2D eigenvalue weighted by Crippen LogP contribution is -2.10. The molecule has 0 aromatic carbocycles. The smallest absolute Gasteiger partial charge is 0.158 e. The van der Waals surface area contributed by atoms with E-state index in [1.54, 1.807) is 0 Å². The van der Waals surface area contributed by atoms with Crippen LogP contribution in [0, 0.1) is 0 Å². The molecule has 114 valence electrons. The van der Waals surface area contributed by atoms with E-state index in [0.717, 1.165) is 49.1 Å². The first-order valence-electron chi connectivity index (χ1n) is 7.22. The highest BCUT2D eigenvalue weighted by Crippen LogP contribution is 2.12. The standard InChI is InChI=1S/C14H26N4OS/c1-4-7-15-12-10-13(16-8-6-9-20-3)18-14(17-12)11-19-5-2/h10H,4-9,11H2,1-3H3,(H2,15,16,17,18). The summed E-state index contributed by atoms with van der Waals surface area (Å²) in [5, 5.41) is 6.66. The van der Waals surface area contributed by atoms with Gasteiger partial charge in [-0.3, -0.25) is 0 Å². The van der Waals surface area contributed by atoms with Crippen LogP contribution in [0.25, 0.3) is 0 Å². The topological polar surface area (TPSA) is 59.1 Å². The van der Waals surface area contributed by atoms with Gasteiger partial charge >= 0.3 is 0 Å². The number of anilines is 2. The van der Waals surface area contributed by atoms with Crippen LogP contribution in [0.3, 0.4) is 0 Å². The fraction of sp³-hybridized carbons (Fsp3) is 0.714. The fourth-order valence-electron chi connectivity index (χ4n) is 1.62. The lowest BCUT2D eigenvalue weighted by Gasteiger charge is -2.11. The molecule has 0 unspecified atom stereocenters. The van der Waals surface area contributed by atoms with Crippen LogP contribution >= 0.6 is 11.8 Å². The highest BCUT2D eigenvalue weighted by atomic mass is 32.2. The molecular formula is C14H26N4OS. The number of nitrogens with one attached hydrogen (secondary N) is 2. The van der Waals surface area contributed by atoms with E-state index in [-0.39, 0.29) is 0 Å². The van der Waals surface area contributed by atoms with Gasteiger partial charge < -0.3 is 15.4 Å². The number of thioether (sulfide) groups is 1. The minimum absolute atomic E-state index is 0.456. The van der Waals surface area contributed by atoms with Gasteiger partial charge in [0.25, 0.3) is 0 Å². The molecule has 0 aliphatic heterocycles. The minimum atomic E-state index is 0.456. The van der Waals surface area contributed by atoms with Crippen molar-refractivity contribution in [1.29, 1.82) is 0 Å². The van der Waals surface area contributed by atoms with E-state index in [1.807, 2.05) is 24.8 Å². The molecule has 0 saturated heterocycles.